The number of aliphatic imine (C=N–C) groups is 1. The van der Waals surface area contributed by atoms with E-state index in [4.69, 9.17) is 15.5 Å². The predicted octanol–water partition coefficient (Wildman–Crippen LogP) is 0.377. The summed E-state index contributed by atoms with van der Waals surface area (Å²) in [5, 5.41) is 17.7. The molecule has 11 heteroatoms. The van der Waals surface area contributed by atoms with E-state index in [1.807, 2.05) is 6.92 Å². The van der Waals surface area contributed by atoms with Gasteiger partial charge in [0.1, 0.15) is 18.1 Å². The van der Waals surface area contributed by atoms with Crippen molar-refractivity contribution in [3.8, 4) is 0 Å². The highest BCUT2D eigenvalue weighted by molar-refractivity contribution is 6.07. The molecule has 6 atom stereocenters. The number of primary amides is 1. The molecule has 0 aromatic heterocycles. The third-order valence-corrected chi connectivity index (χ3v) is 7.21. The molecule has 1 amide bonds. The summed E-state index contributed by atoms with van der Waals surface area (Å²) < 4.78 is 6.20. The number of carbonyl (C=O) groups is 1. The average Bonchev–Trinajstić information content (AvgIpc) is 2.85. The van der Waals surface area contributed by atoms with E-state index in [9.17, 15) is 14.9 Å². The molecular formula is C24H37N7O4. The number of nitrogens with one attached hydrogen (secondary N) is 2. The number of likely N-dealkylation sites (N-methyl/N-ethyl adjacent to an activating group) is 1. The van der Waals surface area contributed by atoms with Gasteiger partial charge in [0.15, 0.2) is 0 Å². The molecule has 2 fully saturated rings. The fourth-order valence-corrected chi connectivity index (χ4v) is 5.08. The molecule has 2 heterocycles. The minimum absolute atomic E-state index is 0.0178. The van der Waals surface area contributed by atoms with Crippen molar-refractivity contribution in [1.29, 1.82) is 0 Å². The third kappa shape index (κ3) is 6.35. The summed E-state index contributed by atoms with van der Waals surface area (Å²) in [6.07, 6.45) is 11.3. The van der Waals surface area contributed by atoms with Gasteiger partial charge >= 0.3 is 0 Å². The summed E-state index contributed by atoms with van der Waals surface area (Å²) in [7, 11) is 2.16. The van der Waals surface area contributed by atoms with Crippen LogP contribution in [0.15, 0.2) is 41.1 Å². The summed E-state index contributed by atoms with van der Waals surface area (Å²) in [5.74, 6) is -0.0379. The van der Waals surface area contributed by atoms with E-state index in [1.165, 1.54) is 12.2 Å². The standard InChI is InChI=1S/C24H37N7O4/c1-3-20-24(35-19-6-4-5-18(15-19)31(33)34)28-23(21(27-20)22(25)32)26-16-7-9-17(10-8-16)30-13-11-29(2)12-14-30/h4-5,7,9,15-17,19-21,24,27H,3,6,8,10-14H2,1-2H3,(H2,25,32)(H,26,28). The molecular weight excluding hydrogens is 450 g/mol. The molecule has 2 aliphatic heterocycles. The van der Waals surface area contributed by atoms with Crippen LogP contribution in [0.2, 0.25) is 0 Å². The van der Waals surface area contributed by atoms with Gasteiger partial charge in [0, 0.05) is 44.4 Å². The number of ether oxygens (including phenoxy) is 1. The number of nitro groups is 1. The molecule has 4 rings (SSSR count). The van der Waals surface area contributed by atoms with Crippen molar-refractivity contribution in [2.75, 3.05) is 33.2 Å². The Labute approximate surface area is 206 Å². The summed E-state index contributed by atoms with van der Waals surface area (Å²) in [4.78, 5) is 32.7. The largest absolute Gasteiger partial charge is 0.368 e. The average molecular weight is 488 g/mol. The van der Waals surface area contributed by atoms with Crippen LogP contribution in [0.5, 0.6) is 0 Å². The number of rotatable bonds is 7. The summed E-state index contributed by atoms with van der Waals surface area (Å²) in [5.41, 5.74) is 5.72. The van der Waals surface area contributed by atoms with Crippen LogP contribution in [0.3, 0.4) is 0 Å². The van der Waals surface area contributed by atoms with Crippen LogP contribution in [-0.4, -0.2) is 96.2 Å². The highest BCUT2D eigenvalue weighted by Crippen LogP contribution is 2.22. The van der Waals surface area contributed by atoms with E-state index in [0.717, 1.165) is 39.0 Å². The van der Waals surface area contributed by atoms with E-state index in [1.54, 1.807) is 6.08 Å². The first-order valence-corrected chi connectivity index (χ1v) is 12.5. The molecule has 0 aromatic carbocycles. The van der Waals surface area contributed by atoms with E-state index in [0.29, 0.717) is 24.7 Å². The normalized spacial score (nSPS) is 35.5. The zero-order valence-electron chi connectivity index (χ0n) is 20.5. The molecule has 0 aromatic rings. The van der Waals surface area contributed by atoms with Crippen LogP contribution in [-0.2, 0) is 9.53 Å². The molecule has 2 aliphatic carbocycles. The molecule has 0 bridgehead atoms. The van der Waals surface area contributed by atoms with Gasteiger partial charge in [-0.2, -0.15) is 0 Å². The van der Waals surface area contributed by atoms with Crippen molar-refractivity contribution in [2.24, 2.45) is 10.7 Å². The molecule has 0 radical (unpaired) electrons. The first-order chi connectivity index (χ1) is 16.8. The Balaban J connectivity index is 1.45. The fourth-order valence-electron chi connectivity index (χ4n) is 5.08. The number of nitrogens with zero attached hydrogens (tertiary/aromatic N) is 4. The van der Waals surface area contributed by atoms with E-state index in [-0.39, 0.29) is 17.8 Å². The number of hydrogen-bond donors (Lipinski definition) is 3. The number of hydrogen-bond acceptors (Lipinski definition) is 8. The molecule has 0 saturated carbocycles. The second-order valence-electron chi connectivity index (χ2n) is 9.69. The van der Waals surface area contributed by atoms with E-state index >= 15 is 0 Å². The highest BCUT2D eigenvalue weighted by atomic mass is 16.6. The maximum Gasteiger partial charge on any atom is 0.267 e. The lowest BCUT2D eigenvalue weighted by Gasteiger charge is -2.40. The Bertz CT molecular complexity index is 910. The summed E-state index contributed by atoms with van der Waals surface area (Å²) in [6, 6.07) is -0.567. The Morgan fingerprint density at radius 1 is 1.29 bits per heavy atom. The smallest absolute Gasteiger partial charge is 0.267 e. The molecule has 6 unspecified atom stereocenters. The van der Waals surface area contributed by atoms with Gasteiger partial charge in [-0.1, -0.05) is 25.2 Å². The van der Waals surface area contributed by atoms with Crippen LogP contribution in [0, 0.1) is 10.1 Å². The minimum Gasteiger partial charge on any atom is -0.368 e. The molecule has 2 saturated heterocycles. The number of piperazine rings is 2. The van der Waals surface area contributed by atoms with Gasteiger partial charge in [-0.15, -0.1) is 0 Å². The Morgan fingerprint density at radius 2 is 2.06 bits per heavy atom. The maximum atomic E-state index is 12.2. The van der Waals surface area contributed by atoms with Crippen molar-refractivity contribution in [1.82, 2.24) is 20.4 Å². The van der Waals surface area contributed by atoms with Gasteiger partial charge in [-0.3, -0.25) is 30.1 Å². The zero-order chi connectivity index (χ0) is 24.9. The number of amidine groups is 1. The summed E-state index contributed by atoms with van der Waals surface area (Å²) >= 11 is 0. The van der Waals surface area contributed by atoms with Gasteiger partial charge < -0.3 is 20.7 Å². The second-order valence-corrected chi connectivity index (χ2v) is 9.69. The first-order valence-electron chi connectivity index (χ1n) is 12.5. The van der Waals surface area contributed by atoms with Gasteiger partial charge in [0.2, 0.25) is 5.91 Å². The first kappa shape index (κ1) is 25.5. The third-order valence-electron chi connectivity index (χ3n) is 7.21. The van der Waals surface area contributed by atoms with Crippen molar-refractivity contribution in [2.45, 2.75) is 69.1 Å². The Morgan fingerprint density at radius 3 is 2.69 bits per heavy atom. The lowest BCUT2D eigenvalue weighted by Crippen LogP contribution is -2.68. The molecule has 35 heavy (non-hydrogen) atoms. The van der Waals surface area contributed by atoms with E-state index < -0.39 is 29.2 Å². The van der Waals surface area contributed by atoms with Gasteiger partial charge in [-0.25, -0.2) is 0 Å². The topological polar surface area (TPSA) is 138 Å². The SMILES string of the molecule is CCC1NC(C(N)=O)C(=NC2C=CC(N3CCN(C)CC3)CC2)NC1OC1C=C([N+](=O)[O-])C=CC1. The molecule has 11 nitrogen and oxygen atoms in total. The Hall–Kier alpha value is -2.60. The van der Waals surface area contributed by atoms with Crippen molar-refractivity contribution < 1.29 is 14.5 Å². The van der Waals surface area contributed by atoms with Gasteiger partial charge in [0.05, 0.1) is 23.1 Å². The van der Waals surface area contributed by atoms with Crippen molar-refractivity contribution >= 4 is 11.7 Å². The van der Waals surface area contributed by atoms with E-state index in [2.05, 4.69) is 39.6 Å². The molecule has 4 N–H and O–H groups in total. The van der Waals surface area contributed by atoms with Crippen LogP contribution in [0.4, 0.5) is 0 Å². The second kappa shape index (κ2) is 11.4. The lowest BCUT2D eigenvalue weighted by atomic mass is 9.96. The number of amides is 1. The van der Waals surface area contributed by atoms with Crippen molar-refractivity contribution in [3.63, 3.8) is 0 Å². The highest BCUT2D eigenvalue weighted by Gasteiger charge is 2.38. The number of nitrogens with two attached hydrogens (primary N) is 1. The molecule has 0 spiro atoms. The fraction of sp³-hybridized carbons (Fsp3) is 0.667. The monoisotopic (exact) mass is 487 g/mol. The van der Waals surface area contributed by atoms with Crippen LogP contribution in [0.1, 0.15) is 32.6 Å². The predicted molar refractivity (Wildman–Crippen MR) is 133 cm³/mol. The minimum atomic E-state index is -0.736. The van der Waals surface area contributed by atoms with Gasteiger partial charge in [-0.05, 0) is 32.7 Å². The zero-order valence-corrected chi connectivity index (χ0v) is 20.5. The van der Waals surface area contributed by atoms with Crippen molar-refractivity contribution in [3.05, 3.63) is 46.2 Å². The molecule has 4 aliphatic rings. The molecule has 192 valence electrons. The summed E-state index contributed by atoms with van der Waals surface area (Å²) in [6.45, 7) is 6.29. The van der Waals surface area contributed by atoms with Crippen LogP contribution >= 0.6 is 0 Å². The van der Waals surface area contributed by atoms with Gasteiger partial charge in [0.25, 0.3) is 5.70 Å². The number of carbonyl (C=O) groups excluding carboxylic acids is 1. The quantitative estimate of drug-likeness (QED) is 0.266. The number of allylic oxidation sites excluding steroid dienone is 1. The lowest BCUT2D eigenvalue weighted by molar-refractivity contribution is -0.420. The van der Waals surface area contributed by atoms with Crippen LogP contribution in [0.25, 0.3) is 0 Å². The maximum absolute atomic E-state index is 12.2. The Kier molecular flexibility index (Phi) is 8.32. The van der Waals surface area contributed by atoms with Crippen LogP contribution < -0.4 is 16.4 Å².